The first-order valence-electron chi connectivity index (χ1n) is 7.65. The van der Waals surface area contributed by atoms with Gasteiger partial charge in [0.25, 0.3) is 0 Å². The summed E-state index contributed by atoms with van der Waals surface area (Å²) in [5.74, 6) is 1.24. The van der Waals surface area contributed by atoms with E-state index in [0.717, 1.165) is 19.4 Å². The predicted octanol–water partition coefficient (Wildman–Crippen LogP) is 2.37. The fourth-order valence-corrected chi connectivity index (χ4v) is 3.21. The van der Waals surface area contributed by atoms with Crippen LogP contribution in [0.15, 0.2) is 28.0 Å². The van der Waals surface area contributed by atoms with E-state index in [1.165, 1.54) is 11.8 Å². The van der Waals surface area contributed by atoms with Crippen LogP contribution in [0.2, 0.25) is 0 Å². The standard InChI is InChI=1S/C15H19N3O4S/c1-2-20-13(19)10-23-15-17-16-14(12-6-4-8-22-12)18(15)9-11-5-3-7-21-11/h4,6,8,11H,2-3,5,7,9-10H2,1H3. The highest BCUT2D eigenvalue weighted by Gasteiger charge is 2.23. The molecule has 0 amide bonds. The summed E-state index contributed by atoms with van der Waals surface area (Å²) in [5.41, 5.74) is 0. The fourth-order valence-electron chi connectivity index (χ4n) is 2.47. The minimum Gasteiger partial charge on any atom is -0.465 e. The summed E-state index contributed by atoms with van der Waals surface area (Å²) in [4.78, 5) is 11.6. The van der Waals surface area contributed by atoms with Crippen molar-refractivity contribution in [2.45, 2.75) is 37.6 Å². The zero-order chi connectivity index (χ0) is 16.1. The number of rotatable bonds is 7. The molecule has 2 aromatic rings. The third kappa shape index (κ3) is 3.94. The third-order valence-electron chi connectivity index (χ3n) is 3.49. The van der Waals surface area contributed by atoms with Crippen molar-refractivity contribution in [2.75, 3.05) is 19.0 Å². The summed E-state index contributed by atoms with van der Waals surface area (Å²) in [6.45, 7) is 3.60. The highest BCUT2D eigenvalue weighted by Crippen LogP contribution is 2.26. The van der Waals surface area contributed by atoms with E-state index in [2.05, 4.69) is 10.2 Å². The summed E-state index contributed by atoms with van der Waals surface area (Å²) in [7, 11) is 0. The molecule has 0 radical (unpaired) electrons. The number of carbonyl (C=O) groups is 1. The predicted molar refractivity (Wildman–Crippen MR) is 84.1 cm³/mol. The molecule has 7 nitrogen and oxygen atoms in total. The van der Waals surface area contributed by atoms with Gasteiger partial charge in [-0.3, -0.25) is 9.36 Å². The van der Waals surface area contributed by atoms with Crippen LogP contribution in [-0.2, 0) is 20.8 Å². The first-order valence-corrected chi connectivity index (χ1v) is 8.63. The van der Waals surface area contributed by atoms with Crippen molar-refractivity contribution < 1.29 is 18.7 Å². The highest BCUT2D eigenvalue weighted by atomic mass is 32.2. The van der Waals surface area contributed by atoms with E-state index in [4.69, 9.17) is 13.9 Å². The molecular formula is C15H19N3O4S. The van der Waals surface area contributed by atoms with E-state index in [9.17, 15) is 4.79 Å². The van der Waals surface area contributed by atoms with Crippen molar-refractivity contribution in [3.8, 4) is 11.6 Å². The summed E-state index contributed by atoms with van der Waals surface area (Å²) < 4.78 is 18.1. The summed E-state index contributed by atoms with van der Waals surface area (Å²) in [6, 6.07) is 3.65. The first-order chi connectivity index (χ1) is 11.3. The lowest BCUT2D eigenvalue weighted by molar-refractivity contribution is -0.139. The van der Waals surface area contributed by atoms with Crippen molar-refractivity contribution in [3.05, 3.63) is 18.4 Å². The average Bonchev–Trinajstić information content (AvgIpc) is 3.28. The van der Waals surface area contributed by atoms with Crippen molar-refractivity contribution in [3.63, 3.8) is 0 Å². The van der Waals surface area contributed by atoms with Crippen LogP contribution in [-0.4, -0.2) is 45.8 Å². The van der Waals surface area contributed by atoms with Crippen LogP contribution in [0.25, 0.3) is 11.6 Å². The summed E-state index contributed by atoms with van der Waals surface area (Å²) in [5, 5.41) is 9.08. The van der Waals surface area contributed by atoms with Crippen LogP contribution in [0, 0.1) is 0 Å². The van der Waals surface area contributed by atoms with Crippen molar-refractivity contribution in [2.24, 2.45) is 0 Å². The Morgan fingerprint density at radius 2 is 2.43 bits per heavy atom. The van der Waals surface area contributed by atoms with Gasteiger partial charge in [-0.2, -0.15) is 0 Å². The molecule has 0 bridgehead atoms. The van der Waals surface area contributed by atoms with Crippen LogP contribution in [0.3, 0.4) is 0 Å². The molecule has 0 saturated carbocycles. The molecule has 1 saturated heterocycles. The highest BCUT2D eigenvalue weighted by molar-refractivity contribution is 7.99. The van der Waals surface area contributed by atoms with Crippen molar-refractivity contribution in [1.82, 2.24) is 14.8 Å². The lowest BCUT2D eigenvalue weighted by atomic mass is 10.2. The minimum atomic E-state index is -0.260. The van der Waals surface area contributed by atoms with Gasteiger partial charge < -0.3 is 13.9 Å². The molecule has 1 atom stereocenters. The van der Waals surface area contributed by atoms with Gasteiger partial charge in [-0.15, -0.1) is 10.2 Å². The van der Waals surface area contributed by atoms with Gasteiger partial charge in [0.1, 0.15) is 0 Å². The molecular weight excluding hydrogens is 318 g/mol. The van der Waals surface area contributed by atoms with E-state index >= 15 is 0 Å². The molecule has 1 fully saturated rings. The first kappa shape index (κ1) is 16.1. The van der Waals surface area contributed by atoms with E-state index in [-0.39, 0.29) is 17.8 Å². The zero-order valence-electron chi connectivity index (χ0n) is 12.9. The maximum Gasteiger partial charge on any atom is 0.316 e. The SMILES string of the molecule is CCOC(=O)CSc1nnc(-c2ccco2)n1CC1CCCO1. The lowest BCUT2D eigenvalue weighted by Crippen LogP contribution is -2.17. The topological polar surface area (TPSA) is 79.4 Å². The maximum absolute atomic E-state index is 11.6. The molecule has 3 rings (SSSR count). The van der Waals surface area contributed by atoms with Gasteiger partial charge in [0, 0.05) is 6.61 Å². The molecule has 1 aliphatic rings. The number of ether oxygens (including phenoxy) is 2. The van der Waals surface area contributed by atoms with Crippen molar-refractivity contribution in [1.29, 1.82) is 0 Å². The Hall–Kier alpha value is -1.80. The largest absolute Gasteiger partial charge is 0.465 e. The molecule has 1 aliphatic heterocycles. The molecule has 0 spiro atoms. The molecule has 1 unspecified atom stereocenters. The average molecular weight is 337 g/mol. The summed E-state index contributed by atoms with van der Waals surface area (Å²) in [6.07, 6.45) is 3.82. The van der Waals surface area contributed by atoms with E-state index in [0.29, 0.717) is 29.9 Å². The second-order valence-electron chi connectivity index (χ2n) is 5.12. The van der Waals surface area contributed by atoms with Gasteiger partial charge in [-0.05, 0) is 31.9 Å². The van der Waals surface area contributed by atoms with Crippen LogP contribution < -0.4 is 0 Å². The Morgan fingerprint density at radius 3 is 3.13 bits per heavy atom. The van der Waals surface area contributed by atoms with Gasteiger partial charge in [-0.1, -0.05) is 11.8 Å². The quantitative estimate of drug-likeness (QED) is 0.567. The van der Waals surface area contributed by atoms with Crippen LogP contribution in [0.1, 0.15) is 19.8 Å². The zero-order valence-corrected chi connectivity index (χ0v) is 13.8. The maximum atomic E-state index is 11.6. The number of furan rings is 1. The number of thioether (sulfide) groups is 1. The molecule has 0 N–H and O–H groups in total. The molecule has 2 aromatic heterocycles. The Bertz CT molecular complexity index is 635. The number of hydrogen-bond donors (Lipinski definition) is 0. The third-order valence-corrected chi connectivity index (χ3v) is 4.43. The van der Waals surface area contributed by atoms with Crippen molar-refractivity contribution >= 4 is 17.7 Å². The molecule has 8 heteroatoms. The van der Waals surface area contributed by atoms with E-state index in [1.54, 1.807) is 13.2 Å². The summed E-state index contributed by atoms with van der Waals surface area (Å²) >= 11 is 1.31. The number of carbonyl (C=O) groups excluding carboxylic acids is 1. The van der Waals surface area contributed by atoms with E-state index in [1.807, 2.05) is 16.7 Å². The molecule has 0 aliphatic carbocycles. The molecule has 3 heterocycles. The minimum absolute atomic E-state index is 0.140. The normalized spacial score (nSPS) is 17.5. The Balaban J connectivity index is 1.78. The smallest absolute Gasteiger partial charge is 0.316 e. The number of hydrogen-bond acceptors (Lipinski definition) is 7. The second kappa shape index (κ2) is 7.65. The molecule has 0 aromatic carbocycles. The number of aromatic nitrogens is 3. The van der Waals surface area contributed by atoms with Gasteiger partial charge in [0.05, 0.1) is 31.3 Å². The van der Waals surface area contributed by atoms with Crippen LogP contribution in [0.4, 0.5) is 0 Å². The molecule has 124 valence electrons. The monoisotopic (exact) mass is 337 g/mol. The number of esters is 1. The fraction of sp³-hybridized carbons (Fsp3) is 0.533. The Labute approximate surface area is 138 Å². The van der Waals surface area contributed by atoms with Gasteiger partial charge >= 0.3 is 5.97 Å². The van der Waals surface area contributed by atoms with Crippen LogP contribution in [0.5, 0.6) is 0 Å². The van der Waals surface area contributed by atoms with E-state index < -0.39 is 0 Å². The number of nitrogens with zero attached hydrogens (tertiary/aromatic N) is 3. The van der Waals surface area contributed by atoms with Gasteiger partial charge in [-0.25, -0.2) is 0 Å². The lowest BCUT2D eigenvalue weighted by Gasteiger charge is -2.13. The second-order valence-corrected chi connectivity index (χ2v) is 6.07. The Morgan fingerprint density at radius 1 is 1.52 bits per heavy atom. The van der Waals surface area contributed by atoms with Gasteiger partial charge in [0.2, 0.25) is 5.82 Å². The van der Waals surface area contributed by atoms with Crippen LogP contribution >= 0.6 is 11.8 Å². The van der Waals surface area contributed by atoms with Gasteiger partial charge in [0.15, 0.2) is 10.9 Å². The molecule has 23 heavy (non-hydrogen) atoms. The Kier molecular flexibility index (Phi) is 5.35.